The molecule has 0 unspecified atom stereocenters. The Morgan fingerprint density at radius 3 is 2.47 bits per heavy atom. The number of hydrogen-bond donors (Lipinski definition) is 1. The summed E-state index contributed by atoms with van der Waals surface area (Å²) < 4.78 is 6.86. The summed E-state index contributed by atoms with van der Waals surface area (Å²) in [7, 11) is 1.33. The van der Waals surface area contributed by atoms with Gasteiger partial charge < -0.3 is 14.6 Å². The molecular weight excluding hydrogens is 474 g/mol. The van der Waals surface area contributed by atoms with Gasteiger partial charge in [-0.05, 0) is 42.3 Å². The van der Waals surface area contributed by atoms with Crippen molar-refractivity contribution < 1.29 is 14.3 Å². The van der Waals surface area contributed by atoms with Crippen LogP contribution in [0.15, 0.2) is 84.0 Å². The van der Waals surface area contributed by atoms with Crippen LogP contribution in [-0.4, -0.2) is 44.5 Å². The minimum Gasteiger partial charge on any atom is -0.465 e. The van der Waals surface area contributed by atoms with Crippen LogP contribution in [-0.2, 0) is 22.5 Å². The second-order valence-electron chi connectivity index (χ2n) is 8.08. The lowest BCUT2D eigenvalue weighted by molar-refractivity contribution is -0.113. The van der Waals surface area contributed by atoms with Gasteiger partial charge in [-0.15, -0.1) is 10.2 Å². The Bertz CT molecular complexity index is 1530. The van der Waals surface area contributed by atoms with E-state index in [1.54, 1.807) is 24.3 Å². The Morgan fingerprint density at radius 2 is 1.69 bits per heavy atom. The van der Waals surface area contributed by atoms with Gasteiger partial charge in [0, 0.05) is 17.6 Å². The van der Waals surface area contributed by atoms with Gasteiger partial charge >= 0.3 is 5.97 Å². The summed E-state index contributed by atoms with van der Waals surface area (Å²) in [5.74, 6) is -0.514. The highest BCUT2D eigenvalue weighted by molar-refractivity contribution is 7.99. The molecule has 3 aromatic carbocycles. The standard InChI is InChI=1S/C27H23N5O3S/c1-35-26(34)19-11-13-20(14-12-19)28-23(33)17-36-27-29-25-24(30-31-27)21-9-5-6-10-22(21)32(25)16-15-18-7-3-2-4-8-18/h2-14H,15-17H2,1H3,(H,28,33). The fourth-order valence-electron chi connectivity index (χ4n) is 4.00. The number of rotatable bonds is 8. The molecule has 0 saturated carbocycles. The summed E-state index contributed by atoms with van der Waals surface area (Å²) in [6.45, 7) is 0.749. The van der Waals surface area contributed by atoms with E-state index in [2.05, 4.69) is 43.0 Å². The summed E-state index contributed by atoms with van der Waals surface area (Å²) in [6, 6.07) is 24.9. The highest BCUT2D eigenvalue weighted by atomic mass is 32.2. The van der Waals surface area contributed by atoms with Crippen LogP contribution in [0.4, 0.5) is 5.69 Å². The van der Waals surface area contributed by atoms with Crippen LogP contribution in [0.3, 0.4) is 0 Å². The second-order valence-corrected chi connectivity index (χ2v) is 9.02. The van der Waals surface area contributed by atoms with E-state index in [-0.39, 0.29) is 11.7 Å². The minimum atomic E-state index is -0.426. The highest BCUT2D eigenvalue weighted by Gasteiger charge is 2.16. The number of carbonyl (C=O) groups is 2. The quantitative estimate of drug-likeness (QED) is 0.244. The summed E-state index contributed by atoms with van der Waals surface area (Å²) in [6.07, 6.45) is 0.859. The Hall–Kier alpha value is -4.24. The van der Waals surface area contributed by atoms with E-state index in [1.807, 2.05) is 36.4 Å². The number of fused-ring (bicyclic) bond motifs is 3. The molecule has 0 aliphatic rings. The fraction of sp³-hybridized carbons (Fsp3) is 0.148. The van der Waals surface area contributed by atoms with E-state index in [1.165, 1.54) is 24.4 Å². The first-order valence-electron chi connectivity index (χ1n) is 11.4. The molecule has 36 heavy (non-hydrogen) atoms. The van der Waals surface area contributed by atoms with Crippen molar-refractivity contribution in [2.75, 3.05) is 18.2 Å². The molecule has 0 aliphatic heterocycles. The van der Waals surface area contributed by atoms with Crippen molar-refractivity contribution in [3.8, 4) is 0 Å². The van der Waals surface area contributed by atoms with Gasteiger partial charge in [0.2, 0.25) is 11.1 Å². The smallest absolute Gasteiger partial charge is 0.337 e. The molecule has 2 aromatic heterocycles. The molecule has 1 amide bonds. The number of carbonyl (C=O) groups excluding carboxylic acids is 2. The molecule has 9 heteroatoms. The average molecular weight is 498 g/mol. The average Bonchev–Trinajstić information content (AvgIpc) is 3.24. The SMILES string of the molecule is COC(=O)c1ccc(NC(=O)CSc2nnc3c4ccccc4n(CCc4ccccc4)c3n2)cc1. The molecular formula is C27H23N5O3S. The maximum Gasteiger partial charge on any atom is 0.337 e. The van der Waals surface area contributed by atoms with Gasteiger partial charge in [0.25, 0.3) is 0 Å². The van der Waals surface area contributed by atoms with Gasteiger partial charge in [0.1, 0.15) is 5.52 Å². The number of nitrogens with one attached hydrogen (secondary N) is 1. The minimum absolute atomic E-state index is 0.121. The predicted octanol–water partition coefficient (Wildman–Crippen LogP) is 4.74. The van der Waals surface area contributed by atoms with E-state index in [9.17, 15) is 9.59 Å². The molecule has 1 N–H and O–H groups in total. The van der Waals surface area contributed by atoms with Gasteiger partial charge in [-0.2, -0.15) is 0 Å². The van der Waals surface area contributed by atoms with Gasteiger partial charge in [0.05, 0.1) is 23.9 Å². The zero-order valence-electron chi connectivity index (χ0n) is 19.5. The number of amides is 1. The molecule has 2 heterocycles. The normalized spacial score (nSPS) is 11.0. The first kappa shape index (κ1) is 23.5. The van der Waals surface area contributed by atoms with E-state index in [0.29, 0.717) is 16.4 Å². The Balaban J connectivity index is 1.32. The van der Waals surface area contributed by atoms with Crippen molar-refractivity contribution >= 4 is 51.4 Å². The van der Waals surface area contributed by atoms with Gasteiger partial charge in [-0.3, -0.25) is 4.79 Å². The molecule has 0 radical (unpaired) electrons. The van der Waals surface area contributed by atoms with E-state index in [0.717, 1.165) is 35.0 Å². The largest absolute Gasteiger partial charge is 0.465 e. The molecule has 0 saturated heterocycles. The molecule has 5 rings (SSSR count). The number of para-hydroxylation sites is 1. The number of thioether (sulfide) groups is 1. The Labute approximate surface area is 211 Å². The third kappa shape index (κ3) is 5.06. The van der Waals surface area contributed by atoms with Crippen LogP contribution in [0.2, 0.25) is 0 Å². The van der Waals surface area contributed by atoms with Gasteiger partial charge in [0.15, 0.2) is 5.65 Å². The number of aromatic nitrogens is 4. The van der Waals surface area contributed by atoms with E-state index < -0.39 is 5.97 Å². The summed E-state index contributed by atoms with van der Waals surface area (Å²) in [4.78, 5) is 28.8. The van der Waals surface area contributed by atoms with Crippen molar-refractivity contribution in [3.63, 3.8) is 0 Å². The first-order valence-corrected chi connectivity index (χ1v) is 12.4. The Kier molecular flexibility index (Phi) is 6.90. The first-order chi connectivity index (χ1) is 17.6. The summed E-state index contributed by atoms with van der Waals surface area (Å²) in [5, 5.41) is 13.0. The second kappa shape index (κ2) is 10.6. The Morgan fingerprint density at radius 1 is 0.944 bits per heavy atom. The molecule has 5 aromatic rings. The van der Waals surface area contributed by atoms with Crippen LogP contribution in [0, 0.1) is 0 Å². The predicted molar refractivity (Wildman–Crippen MR) is 140 cm³/mol. The maximum absolute atomic E-state index is 12.5. The molecule has 180 valence electrons. The number of methoxy groups -OCH3 is 1. The van der Waals surface area contributed by atoms with Crippen LogP contribution in [0.1, 0.15) is 15.9 Å². The van der Waals surface area contributed by atoms with Gasteiger partial charge in [-0.25, -0.2) is 9.78 Å². The summed E-state index contributed by atoms with van der Waals surface area (Å²) >= 11 is 1.22. The fourth-order valence-corrected chi connectivity index (χ4v) is 4.58. The zero-order chi connectivity index (χ0) is 24.9. The molecule has 0 fully saturated rings. The molecule has 0 bridgehead atoms. The third-order valence-corrected chi connectivity index (χ3v) is 6.58. The molecule has 0 atom stereocenters. The topological polar surface area (TPSA) is 99.0 Å². The van der Waals surface area contributed by atoms with Crippen molar-refractivity contribution in [2.45, 2.75) is 18.1 Å². The van der Waals surface area contributed by atoms with Crippen LogP contribution in [0.25, 0.3) is 22.1 Å². The van der Waals surface area contributed by atoms with Crippen molar-refractivity contribution in [1.29, 1.82) is 0 Å². The van der Waals surface area contributed by atoms with Crippen LogP contribution >= 0.6 is 11.8 Å². The van der Waals surface area contributed by atoms with Crippen molar-refractivity contribution in [1.82, 2.24) is 19.7 Å². The number of anilines is 1. The number of ether oxygens (including phenoxy) is 1. The van der Waals surface area contributed by atoms with Crippen molar-refractivity contribution in [3.05, 3.63) is 90.0 Å². The van der Waals surface area contributed by atoms with Crippen molar-refractivity contribution in [2.24, 2.45) is 0 Å². The lowest BCUT2D eigenvalue weighted by Gasteiger charge is -2.08. The van der Waals surface area contributed by atoms with E-state index in [4.69, 9.17) is 4.98 Å². The van der Waals surface area contributed by atoms with Crippen LogP contribution < -0.4 is 5.32 Å². The molecule has 0 spiro atoms. The maximum atomic E-state index is 12.5. The number of esters is 1. The van der Waals surface area contributed by atoms with Gasteiger partial charge in [-0.1, -0.05) is 60.3 Å². The third-order valence-electron chi connectivity index (χ3n) is 5.74. The van der Waals surface area contributed by atoms with E-state index >= 15 is 0 Å². The number of benzene rings is 3. The van der Waals surface area contributed by atoms with Crippen LogP contribution in [0.5, 0.6) is 0 Å². The monoisotopic (exact) mass is 497 g/mol. The number of nitrogens with zero attached hydrogens (tertiary/aromatic N) is 4. The lowest BCUT2D eigenvalue weighted by Crippen LogP contribution is -2.14. The molecule has 8 nitrogen and oxygen atoms in total. The molecule has 0 aliphatic carbocycles. The highest BCUT2D eigenvalue weighted by Crippen LogP contribution is 2.27. The summed E-state index contributed by atoms with van der Waals surface area (Å²) in [5.41, 5.74) is 4.81. The number of aryl methyl sites for hydroxylation is 2. The zero-order valence-corrected chi connectivity index (χ0v) is 20.4. The number of hydrogen-bond acceptors (Lipinski definition) is 7. The lowest BCUT2D eigenvalue weighted by atomic mass is 10.1.